The smallest absolute Gasteiger partial charge is 0.276 e. The third kappa shape index (κ3) is 6.75. The standard InChI is InChI=1S/C21H25N3O4/c1-14-9-10-18(11-15(14)2)28-13-20(26)24-23-19(25)12-16(3)22-21(27)17-7-5-4-6-8-17/h4-11,16H,12-13H2,1-3H3,(H,22,27)(H,23,25)(H,24,26)/t16-/m1/s1. The Labute approximate surface area is 164 Å². The Morgan fingerprint density at radius 1 is 0.929 bits per heavy atom. The highest BCUT2D eigenvalue weighted by atomic mass is 16.5. The Morgan fingerprint density at radius 3 is 2.29 bits per heavy atom. The van der Waals surface area contributed by atoms with E-state index in [0.29, 0.717) is 11.3 Å². The van der Waals surface area contributed by atoms with E-state index in [0.717, 1.165) is 11.1 Å². The van der Waals surface area contributed by atoms with Gasteiger partial charge in [0.2, 0.25) is 5.91 Å². The zero-order valence-corrected chi connectivity index (χ0v) is 16.2. The van der Waals surface area contributed by atoms with E-state index in [2.05, 4.69) is 16.2 Å². The molecule has 0 radical (unpaired) electrons. The van der Waals surface area contributed by atoms with E-state index in [1.165, 1.54) is 0 Å². The summed E-state index contributed by atoms with van der Waals surface area (Å²) in [6.07, 6.45) is 0.0247. The van der Waals surface area contributed by atoms with Crippen molar-refractivity contribution in [3.8, 4) is 5.75 Å². The first-order chi connectivity index (χ1) is 13.3. The highest BCUT2D eigenvalue weighted by Gasteiger charge is 2.14. The Morgan fingerprint density at radius 2 is 1.61 bits per heavy atom. The van der Waals surface area contributed by atoms with Crippen molar-refractivity contribution in [1.29, 1.82) is 0 Å². The third-order valence-corrected chi connectivity index (χ3v) is 4.09. The van der Waals surface area contributed by atoms with Crippen molar-refractivity contribution >= 4 is 17.7 Å². The van der Waals surface area contributed by atoms with Gasteiger partial charge in [-0.15, -0.1) is 0 Å². The number of hydrogen-bond donors (Lipinski definition) is 3. The number of hydrogen-bond acceptors (Lipinski definition) is 4. The van der Waals surface area contributed by atoms with Crippen LogP contribution in [0.3, 0.4) is 0 Å². The number of carbonyl (C=O) groups excluding carboxylic acids is 3. The van der Waals surface area contributed by atoms with Crippen molar-refractivity contribution in [2.24, 2.45) is 0 Å². The number of amides is 3. The van der Waals surface area contributed by atoms with Crippen molar-refractivity contribution in [1.82, 2.24) is 16.2 Å². The molecule has 1 atom stereocenters. The molecule has 0 aliphatic carbocycles. The summed E-state index contributed by atoms with van der Waals surface area (Å²) in [6.45, 7) is 5.44. The lowest BCUT2D eigenvalue weighted by Gasteiger charge is -2.14. The van der Waals surface area contributed by atoms with Crippen LogP contribution in [0.25, 0.3) is 0 Å². The van der Waals surface area contributed by atoms with Crippen molar-refractivity contribution in [2.45, 2.75) is 33.2 Å². The van der Waals surface area contributed by atoms with Crippen LogP contribution >= 0.6 is 0 Å². The van der Waals surface area contributed by atoms with Crippen LogP contribution in [0.2, 0.25) is 0 Å². The van der Waals surface area contributed by atoms with Gasteiger partial charge < -0.3 is 10.1 Å². The molecular weight excluding hydrogens is 358 g/mol. The van der Waals surface area contributed by atoms with E-state index >= 15 is 0 Å². The molecule has 2 rings (SSSR count). The van der Waals surface area contributed by atoms with Gasteiger partial charge in [0.25, 0.3) is 11.8 Å². The Hall–Kier alpha value is -3.35. The number of benzene rings is 2. The second kappa shape index (κ2) is 10.1. The summed E-state index contributed by atoms with van der Waals surface area (Å²) >= 11 is 0. The van der Waals surface area contributed by atoms with E-state index in [1.54, 1.807) is 37.3 Å². The molecule has 0 heterocycles. The predicted molar refractivity (Wildman–Crippen MR) is 106 cm³/mol. The summed E-state index contributed by atoms with van der Waals surface area (Å²) in [5.74, 6) is -0.568. The largest absolute Gasteiger partial charge is 0.484 e. The minimum absolute atomic E-state index is 0.0247. The third-order valence-electron chi connectivity index (χ3n) is 4.09. The molecule has 0 aliphatic rings. The lowest BCUT2D eigenvalue weighted by molar-refractivity contribution is -0.130. The van der Waals surface area contributed by atoms with Gasteiger partial charge in [0, 0.05) is 18.0 Å². The lowest BCUT2D eigenvalue weighted by atomic mass is 10.1. The fourth-order valence-electron chi connectivity index (χ4n) is 2.40. The number of hydrazine groups is 1. The van der Waals surface area contributed by atoms with Crippen molar-refractivity contribution in [3.05, 3.63) is 65.2 Å². The Bertz CT molecular complexity index is 837. The van der Waals surface area contributed by atoms with Crippen LogP contribution in [0.4, 0.5) is 0 Å². The number of nitrogens with one attached hydrogen (secondary N) is 3. The quantitative estimate of drug-likeness (QED) is 0.638. The van der Waals surface area contributed by atoms with Crippen LogP contribution < -0.4 is 20.9 Å². The van der Waals surface area contributed by atoms with Gasteiger partial charge in [0.15, 0.2) is 6.61 Å². The molecule has 0 unspecified atom stereocenters. The zero-order valence-electron chi connectivity index (χ0n) is 16.2. The van der Waals surface area contributed by atoms with Crippen molar-refractivity contribution in [2.75, 3.05) is 6.61 Å². The molecule has 3 N–H and O–H groups in total. The topological polar surface area (TPSA) is 96.5 Å². The first-order valence-electron chi connectivity index (χ1n) is 8.99. The molecule has 0 aromatic heterocycles. The maximum atomic E-state index is 12.0. The fourth-order valence-corrected chi connectivity index (χ4v) is 2.40. The summed E-state index contributed by atoms with van der Waals surface area (Å²) in [5, 5.41) is 2.73. The monoisotopic (exact) mass is 383 g/mol. The summed E-state index contributed by atoms with van der Waals surface area (Å²) in [7, 11) is 0. The van der Waals surface area contributed by atoms with Crippen molar-refractivity contribution < 1.29 is 19.1 Å². The van der Waals surface area contributed by atoms with Gasteiger partial charge in [0.05, 0.1) is 0 Å². The lowest BCUT2D eigenvalue weighted by Crippen LogP contribution is -2.46. The summed E-state index contributed by atoms with van der Waals surface area (Å²) in [5.41, 5.74) is 7.33. The highest BCUT2D eigenvalue weighted by molar-refractivity contribution is 5.94. The normalized spacial score (nSPS) is 11.2. The highest BCUT2D eigenvalue weighted by Crippen LogP contribution is 2.16. The first kappa shape index (κ1) is 21.0. The average Bonchev–Trinajstić information content (AvgIpc) is 2.67. The van der Waals surface area contributed by atoms with Gasteiger partial charge in [-0.05, 0) is 56.2 Å². The Balaban J connectivity index is 1.68. The molecule has 0 fully saturated rings. The maximum absolute atomic E-state index is 12.0. The minimum Gasteiger partial charge on any atom is -0.484 e. The molecule has 0 spiro atoms. The fraction of sp³-hybridized carbons (Fsp3) is 0.286. The minimum atomic E-state index is -0.479. The molecule has 7 nitrogen and oxygen atoms in total. The molecular formula is C21H25N3O4. The van der Waals surface area contributed by atoms with Gasteiger partial charge in [-0.3, -0.25) is 25.2 Å². The van der Waals surface area contributed by atoms with Gasteiger partial charge >= 0.3 is 0 Å². The Kier molecular flexibility index (Phi) is 7.56. The van der Waals surface area contributed by atoms with Gasteiger partial charge in [-0.25, -0.2) is 0 Å². The number of carbonyl (C=O) groups is 3. The SMILES string of the molecule is Cc1ccc(OCC(=O)NNC(=O)C[C@@H](C)NC(=O)c2ccccc2)cc1C. The predicted octanol–water partition coefficient (Wildman–Crippen LogP) is 2.04. The van der Waals surface area contributed by atoms with Gasteiger partial charge in [-0.2, -0.15) is 0 Å². The van der Waals surface area contributed by atoms with Crippen molar-refractivity contribution in [3.63, 3.8) is 0 Å². The molecule has 0 bridgehead atoms. The van der Waals surface area contributed by atoms with Crippen LogP contribution in [0, 0.1) is 13.8 Å². The number of aryl methyl sites for hydroxylation is 2. The molecule has 0 aliphatic heterocycles. The molecule has 28 heavy (non-hydrogen) atoms. The molecule has 2 aromatic rings. The molecule has 0 saturated heterocycles. The van der Waals surface area contributed by atoms with Crippen LogP contribution in [0.5, 0.6) is 5.75 Å². The molecule has 0 saturated carbocycles. The van der Waals surface area contributed by atoms with Crippen LogP contribution in [0.15, 0.2) is 48.5 Å². The number of rotatable bonds is 7. The van der Waals surface area contributed by atoms with E-state index < -0.39 is 17.9 Å². The van der Waals surface area contributed by atoms with Crippen LogP contribution in [0.1, 0.15) is 34.8 Å². The summed E-state index contributed by atoms with van der Waals surface area (Å²) in [4.78, 5) is 35.8. The molecule has 3 amide bonds. The van der Waals surface area contributed by atoms with Crippen LogP contribution in [-0.4, -0.2) is 30.4 Å². The molecule has 148 valence electrons. The zero-order chi connectivity index (χ0) is 20.5. The van der Waals surface area contributed by atoms with Crippen LogP contribution in [-0.2, 0) is 9.59 Å². The van der Waals surface area contributed by atoms with Gasteiger partial charge in [-0.1, -0.05) is 24.3 Å². The second-order valence-electron chi connectivity index (χ2n) is 6.58. The van der Waals surface area contributed by atoms with E-state index in [9.17, 15) is 14.4 Å². The maximum Gasteiger partial charge on any atom is 0.276 e. The number of ether oxygens (including phenoxy) is 1. The van der Waals surface area contributed by atoms with E-state index in [-0.39, 0.29) is 18.9 Å². The first-order valence-corrected chi connectivity index (χ1v) is 8.99. The van der Waals surface area contributed by atoms with E-state index in [4.69, 9.17) is 4.74 Å². The van der Waals surface area contributed by atoms with Gasteiger partial charge in [0.1, 0.15) is 5.75 Å². The molecule has 7 heteroatoms. The molecule has 2 aromatic carbocycles. The average molecular weight is 383 g/mol. The summed E-state index contributed by atoms with van der Waals surface area (Å²) in [6, 6.07) is 13.9. The van der Waals surface area contributed by atoms with E-state index in [1.807, 2.05) is 32.0 Å². The summed E-state index contributed by atoms with van der Waals surface area (Å²) < 4.78 is 5.40. The second-order valence-corrected chi connectivity index (χ2v) is 6.58.